The van der Waals surface area contributed by atoms with Crippen LogP contribution in [0.15, 0.2) is 24.5 Å². The molecular weight excluding hydrogens is 310 g/mol. The van der Waals surface area contributed by atoms with Crippen LogP contribution in [0, 0.1) is 0 Å². The van der Waals surface area contributed by atoms with Gasteiger partial charge in [-0.1, -0.05) is 0 Å². The predicted octanol–water partition coefficient (Wildman–Crippen LogP) is 2.91. The van der Waals surface area contributed by atoms with E-state index in [1.54, 1.807) is 12.4 Å². The Morgan fingerprint density at radius 1 is 1.22 bits per heavy atom. The molecule has 2 aromatic heterocycles. The van der Waals surface area contributed by atoms with E-state index >= 15 is 0 Å². The minimum absolute atomic E-state index is 0.120. The Kier molecular flexibility index (Phi) is 4.71. The number of carbonyl (C=O) groups is 2. The van der Waals surface area contributed by atoms with Gasteiger partial charge in [0, 0.05) is 30.7 Å². The fraction of sp³-hybridized carbons (Fsp3) is 0.353. The third-order valence-corrected chi connectivity index (χ3v) is 5.10. The molecule has 0 spiro atoms. The van der Waals surface area contributed by atoms with Crippen molar-refractivity contribution < 1.29 is 9.59 Å². The highest BCUT2D eigenvalue weighted by Crippen LogP contribution is 2.38. The van der Waals surface area contributed by atoms with Gasteiger partial charge in [-0.25, -0.2) is 0 Å². The van der Waals surface area contributed by atoms with E-state index < -0.39 is 0 Å². The number of hydrogen-bond acceptors (Lipinski definition) is 4. The zero-order valence-corrected chi connectivity index (χ0v) is 13.8. The maximum atomic E-state index is 12.7. The molecule has 120 valence electrons. The Balaban J connectivity index is 1.83. The molecule has 0 saturated heterocycles. The van der Waals surface area contributed by atoms with Crippen LogP contribution in [0.25, 0.3) is 0 Å². The van der Waals surface area contributed by atoms with Gasteiger partial charge in [-0.2, -0.15) is 0 Å². The molecule has 23 heavy (non-hydrogen) atoms. The second kappa shape index (κ2) is 6.91. The first-order valence-electron chi connectivity index (χ1n) is 7.74. The number of nitrogens with one attached hydrogen (secondary N) is 2. The molecule has 2 amide bonds. The van der Waals surface area contributed by atoms with Crippen molar-refractivity contribution in [3.05, 3.63) is 46.1 Å². The fourth-order valence-electron chi connectivity index (χ4n) is 2.83. The van der Waals surface area contributed by atoms with Gasteiger partial charge in [-0.05, 0) is 48.9 Å². The Bertz CT molecular complexity index is 725. The van der Waals surface area contributed by atoms with Crippen molar-refractivity contribution in [1.82, 2.24) is 10.3 Å². The van der Waals surface area contributed by atoms with E-state index in [0.29, 0.717) is 17.1 Å². The van der Waals surface area contributed by atoms with Gasteiger partial charge in [0.1, 0.15) is 5.00 Å². The van der Waals surface area contributed by atoms with E-state index in [0.717, 1.165) is 36.8 Å². The van der Waals surface area contributed by atoms with Gasteiger partial charge >= 0.3 is 0 Å². The highest BCUT2D eigenvalue weighted by molar-refractivity contribution is 7.17. The summed E-state index contributed by atoms with van der Waals surface area (Å²) < 4.78 is 0. The molecule has 2 N–H and O–H groups in total. The van der Waals surface area contributed by atoms with E-state index in [1.807, 2.05) is 12.1 Å². The second-order valence-electron chi connectivity index (χ2n) is 5.63. The molecule has 0 saturated carbocycles. The van der Waals surface area contributed by atoms with E-state index in [2.05, 4.69) is 15.6 Å². The standard InChI is InChI=1S/C17H19N3O2S/c1-11(21)20-17-15(13-4-2-3-5-14(13)23-17)16(22)19-10-12-6-8-18-9-7-12/h6-9H,2-5,10H2,1H3,(H,19,22)(H,20,21). The smallest absolute Gasteiger partial charge is 0.254 e. The summed E-state index contributed by atoms with van der Waals surface area (Å²) in [6, 6.07) is 3.75. The van der Waals surface area contributed by atoms with E-state index in [9.17, 15) is 9.59 Å². The molecule has 3 rings (SSSR count). The molecule has 0 bridgehead atoms. The van der Waals surface area contributed by atoms with Gasteiger partial charge in [0.05, 0.1) is 5.56 Å². The lowest BCUT2D eigenvalue weighted by molar-refractivity contribution is -0.114. The van der Waals surface area contributed by atoms with Crippen LogP contribution in [0.2, 0.25) is 0 Å². The summed E-state index contributed by atoms with van der Waals surface area (Å²) in [6.07, 6.45) is 7.54. The molecule has 0 radical (unpaired) electrons. The lowest BCUT2D eigenvalue weighted by atomic mass is 9.95. The lowest BCUT2D eigenvalue weighted by Crippen LogP contribution is -2.25. The van der Waals surface area contributed by atoms with Crippen LogP contribution in [0.1, 0.15) is 46.1 Å². The summed E-state index contributed by atoms with van der Waals surface area (Å²) in [4.78, 5) is 29.3. The summed E-state index contributed by atoms with van der Waals surface area (Å²) in [7, 11) is 0. The number of carbonyl (C=O) groups excluding carboxylic acids is 2. The van der Waals surface area contributed by atoms with E-state index in [-0.39, 0.29) is 11.8 Å². The Labute approximate surface area is 139 Å². The number of aromatic nitrogens is 1. The summed E-state index contributed by atoms with van der Waals surface area (Å²) >= 11 is 1.54. The first-order valence-corrected chi connectivity index (χ1v) is 8.56. The van der Waals surface area contributed by atoms with Gasteiger partial charge in [0.15, 0.2) is 0 Å². The molecule has 1 aliphatic rings. The third-order valence-electron chi connectivity index (χ3n) is 3.89. The number of amides is 2. The molecule has 1 aliphatic carbocycles. The summed E-state index contributed by atoms with van der Waals surface area (Å²) in [6.45, 7) is 1.92. The summed E-state index contributed by atoms with van der Waals surface area (Å²) in [5, 5.41) is 6.45. The van der Waals surface area contributed by atoms with Gasteiger partial charge in [-0.3, -0.25) is 14.6 Å². The monoisotopic (exact) mass is 329 g/mol. The van der Waals surface area contributed by atoms with Crippen LogP contribution >= 0.6 is 11.3 Å². The first-order chi connectivity index (χ1) is 11.1. The van der Waals surface area contributed by atoms with Gasteiger partial charge in [0.25, 0.3) is 5.91 Å². The topological polar surface area (TPSA) is 71.1 Å². The van der Waals surface area contributed by atoms with Crippen molar-refractivity contribution in [3.63, 3.8) is 0 Å². The van der Waals surface area contributed by atoms with Crippen LogP contribution in [-0.4, -0.2) is 16.8 Å². The van der Waals surface area contributed by atoms with Gasteiger partial charge in [-0.15, -0.1) is 11.3 Å². The van der Waals surface area contributed by atoms with Crippen molar-refractivity contribution in [1.29, 1.82) is 0 Å². The second-order valence-corrected chi connectivity index (χ2v) is 6.74. The number of hydrogen-bond donors (Lipinski definition) is 2. The van der Waals surface area contributed by atoms with Crippen molar-refractivity contribution in [2.45, 2.75) is 39.2 Å². The third kappa shape index (κ3) is 3.59. The lowest BCUT2D eigenvalue weighted by Gasteiger charge is -2.13. The molecular formula is C17H19N3O2S. The zero-order valence-electron chi connectivity index (χ0n) is 13.0. The molecule has 2 heterocycles. The summed E-state index contributed by atoms with van der Waals surface area (Å²) in [5.74, 6) is -0.267. The average Bonchev–Trinajstić information content (AvgIpc) is 2.90. The Morgan fingerprint density at radius 2 is 1.96 bits per heavy atom. The van der Waals surface area contributed by atoms with E-state index in [1.165, 1.54) is 23.1 Å². The number of pyridine rings is 1. The number of rotatable bonds is 4. The quantitative estimate of drug-likeness (QED) is 0.906. The number of anilines is 1. The van der Waals surface area contributed by atoms with Gasteiger partial charge < -0.3 is 10.6 Å². The minimum Gasteiger partial charge on any atom is -0.348 e. The molecule has 5 nitrogen and oxygen atoms in total. The molecule has 0 atom stereocenters. The highest BCUT2D eigenvalue weighted by atomic mass is 32.1. The minimum atomic E-state index is -0.146. The number of thiophene rings is 1. The van der Waals surface area contributed by atoms with Gasteiger partial charge in [0.2, 0.25) is 5.91 Å². The van der Waals surface area contributed by atoms with Crippen LogP contribution in [0.4, 0.5) is 5.00 Å². The number of aryl methyl sites for hydroxylation is 1. The SMILES string of the molecule is CC(=O)Nc1sc2c(c1C(=O)NCc1ccncc1)CCCC2. The molecule has 0 aromatic carbocycles. The van der Waals surface area contributed by atoms with Crippen LogP contribution in [0.5, 0.6) is 0 Å². The molecule has 0 fully saturated rings. The van der Waals surface area contributed by atoms with Crippen LogP contribution < -0.4 is 10.6 Å². The Morgan fingerprint density at radius 3 is 2.70 bits per heavy atom. The maximum Gasteiger partial charge on any atom is 0.254 e. The predicted molar refractivity (Wildman–Crippen MR) is 90.7 cm³/mol. The zero-order chi connectivity index (χ0) is 16.2. The van der Waals surface area contributed by atoms with Crippen molar-refractivity contribution in [2.75, 3.05) is 5.32 Å². The first kappa shape index (κ1) is 15.7. The molecule has 0 aliphatic heterocycles. The summed E-state index contributed by atoms with van der Waals surface area (Å²) in [5.41, 5.74) is 2.75. The highest BCUT2D eigenvalue weighted by Gasteiger charge is 2.25. The van der Waals surface area contributed by atoms with Crippen molar-refractivity contribution in [3.8, 4) is 0 Å². The van der Waals surface area contributed by atoms with Crippen molar-refractivity contribution in [2.24, 2.45) is 0 Å². The van der Waals surface area contributed by atoms with Crippen LogP contribution in [-0.2, 0) is 24.2 Å². The van der Waals surface area contributed by atoms with Crippen molar-refractivity contribution >= 4 is 28.2 Å². The average molecular weight is 329 g/mol. The normalized spacial score (nSPS) is 13.3. The largest absolute Gasteiger partial charge is 0.348 e. The fourth-order valence-corrected chi connectivity index (χ4v) is 4.16. The maximum absolute atomic E-state index is 12.7. The molecule has 6 heteroatoms. The Hall–Kier alpha value is -2.21. The molecule has 0 unspecified atom stereocenters. The number of fused-ring (bicyclic) bond motifs is 1. The van der Waals surface area contributed by atoms with E-state index in [4.69, 9.17) is 0 Å². The molecule has 2 aromatic rings. The number of nitrogens with zero attached hydrogens (tertiary/aromatic N) is 1. The van der Waals surface area contributed by atoms with Crippen LogP contribution in [0.3, 0.4) is 0 Å².